The van der Waals surface area contributed by atoms with Gasteiger partial charge in [0.2, 0.25) is 5.60 Å². The molecule has 1 aromatic carbocycles. The van der Waals surface area contributed by atoms with Crippen LogP contribution in [0.2, 0.25) is 0 Å². The maximum Gasteiger partial charge on any atom is 0.267 e. The summed E-state index contributed by atoms with van der Waals surface area (Å²) in [5.41, 5.74) is 5.39. The van der Waals surface area contributed by atoms with Gasteiger partial charge < -0.3 is 20.7 Å². The number of hydrogen-bond donors (Lipinski definition) is 3. The summed E-state index contributed by atoms with van der Waals surface area (Å²) in [6.45, 7) is 0.460. The van der Waals surface area contributed by atoms with E-state index < -0.39 is 11.5 Å². The molecule has 3 aromatic rings. The van der Waals surface area contributed by atoms with E-state index in [2.05, 4.69) is 26.8 Å². The number of carbonyl (C=O) groups is 1. The van der Waals surface area contributed by atoms with Crippen LogP contribution in [0.3, 0.4) is 0 Å². The number of hydrogen-bond acceptors (Lipinski definition) is 6. The first-order chi connectivity index (χ1) is 13.4. The van der Waals surface area contributed by atoms with Crippen molar-refractivity contribution in [1.82, 2.24) is 19.9 Å². The number of pyridine rings is 1. The largest absolute Gasteiger partial charge is 0.382 e. The Morgan fingerprint density at radius 3 is 2.89 bits per heavy atom. The number of likely N-dealkylation sites (N-methyl/N-ethyl adjacent to an activating group) is 1. The smallest absolute Gasteiger partial charge is 0.267 e. The highest BCUT2D eigenvalue weighted by Gasteiger charge is 2.42. The van der Waals surface area contributed by atoms with Crippen LogP contribution < -0.4 is 11.3 Å². The van der Waals surface area contributed by atoms with Gasteiger partial charge in [0.1, 0.15) is 17.2 Å². The zero-order valence-electron chi connectivity index (χ0n) is 15.1. The summed E-state index contributed by atoms with van der Waals surface area (Å²) in [5.74, 6) is 5.62. The maximum absolute atomic E-state index is 12.3. The van der Waals surface area contributed by atoms with E-state index in [1.165, 1.54) is 11.1 Å². The molecule has 28 heavy (non-hydrogen) atoms. The predicted molar refractivity (Wildman–Crippen MR) is 104 cm³/mol. The number of carbonyl (C=O) groups excluding carboxylic acids is 1. The highest BCUT2D eigenvalue weighted by molar-refractivity contribution is 5.90. The molecule has 0 spiro atoms. The summed E-state index contributed by atoms with van der Waals surface area (Å²) >= 11 is 0. The van der Waals surface area contributed by atoms with E-state index in [4.69, 9.17) is 5.73 Å². The van der Waals surface area contributed by atoms with Crippen molar-refractivity contribution in [2.75, 3.05) is 19.3 Å². The molecule has 8 nitrogen and oxygen atoms in total. The SMILES string of the molecule is CN1CC[C@](O)(C#Cc2cccc(-c3nc4c(N)nccc4c(=O)[nH]3)c2)C1=O. The van der Waals surface area contributed by atoms with Crippen LogP contribution in [0.25, 0.3) is 22.3 Å². The Hall–Kier alpha value is -3.70. The fraction of sp³-hybridized carbons (Fsp3) is 0.200. The molecular weight excluding hydrogens is 358 g/mol. The van der Waals surface area contributed by atoms with Crippen LogP contribution in [-0.2, 0) is 4.79 Å². The third kappa shape index (κ3) is 2.98. The molecule has 2 aromatic heterocycles. The molecule has 140 valence electrons. The lowest BCUT2D eigenvalue weighted by Gasteiger charge is -2.13. The number of nitrogen functional groups attached to an aromatic ring is 1. The highest BCUT2D eigenvalue weighted by Crippen LogP contribution is 2.22. The van der Waals surface area contributed by atoms with E-state index in [0.29, 0.717) is 34.4 Å². The first-order valence-electron chi connectivity index (χ1n) is 8.63. The Kier molecular flexibility index (Phi) is 4.09. The van der Waals surface area contributed by atoms with Crippen LogP contribution >= 0.6 is 0 Å². The second-order valence-corrected chi connectivity index (χ2v) is 6.67. The molecule has 8 heteroatoms. The number of aliphatic hydroxyl groups is 1. The zero-order valence-corrected chi connectivity index (χ0v) is 15.1. The maximum atomic E-state index is 12.3. The van der Waals surface area contributed by atoms with Crippen molar-refractivity contribution in [2.24, 2.45) is 0 Å². The van der Waals surface area contributed by atoms with Crippen molar-refractivity contribution in [3.05, 3.63) is 52.4 Å². The number of nitrogens with one attached hydrogen (secondary N) is 1. The van der Waals surface area contributed by atoms with Crippen LogP contribution in [-0.4, -0.2) is 50.1 Å². The van der Waals surface area contributed by atoms with E-state index in [9.17, 15) is 14.7 Å². The highest BCUT2D eigenvalue weighted by atomic mass is 16.3. The Morgan fingerprint density at radius 1 is 1.32 bits per heavy atom. The Bertz CT molecular complexity index is 1220. The average Bonchev–Trinajstić information content (AvgIpc) is 2.95. The number of anilines is 1. The molecule has 0 saturated carbocycles. The van der Waals surface area contributed by atoms with Crippen molar-refractivity contribution in [3.8, 4) is 23.2 Å². The quantitative estimate of drug-likeness (QED) is 0.532. The van der Waals surface area contributed by atoms with Crippen molar-refractivity contribution >= 4 is 22.6 Å². The summed E-state index contributed by atoms with van der Waals surface area (Å²) in [6, 6.07) is 8.54. The number of aromatic amines is 1. The van der Waals surface area contributed by atoms with Crippen LogP contribution in [0.1, 0.15) is 12.0 Å². The van der Waals surface area contributed by atoms with Crippen molar-refractivity contribution < 1.29 is 9.90 Å². The van der Waals surface area contributed by atoms with Gasteiger partial charge in [-0.15, -0.1) is 0 Å². The molecule has 1 fully saturated rings. The number of aromatic nitrogens is 3. The van der Waals surface area contributed by atoms with Gasteiger partial charge in [0, 0.05) is 37.3 Å². The van der Waals surface area contributed by atoms with Gasteiger partial charge in [0.15, 0.2) is 0 Å². The first-order valence-corrected chi connectivity index (χ1v) is 8.63. The molecule has 1 atom stereocenters. The van der Waals surface area contributed by atoms with Crippen molar-refractivity contribution in [2.45, 2.75) is 12.0 Å². The molecule has 3 heterocycles. The molecule has 0 bridgehead atoms. The number of H-pyrrole nitrogens is 1. The lowest BCUT2D eigenvalue weighted by atomic mass is 10.0. The molecule has 0 aliphatic carbocycles. The summed E-state index contributed by atoms with van der Waals surface area (Å²) in [4.78, 5) is 36.9. The van der Waals surface area contributed by atoms with Gasteiger partial charge >= 0.3 is 0 Å². The molecule has 1 amide bonds. The van der Waals surface area contributed by atoms with Crippen LogP contribution in [0.5, 0.6) is 0 Å². The van der Waals surface area contributed by atoms with E-state index in [-0.39, 0.29) is 17.8 Å². The summed E-state index contributed by atoms with van der Waals surface area (Å²) in [5, 5.41) is 10.8. The number of likely N-dealkylation sites (tertiary alicyclic amines) is 1. The normalized spacial score (nSPS) is 18.9. The number of rotatable bonds is 1. The number of benzene rings is 1. The van der Waals surface area contributed by atoms with Crippen molar-refractivity contribution in [3.63, 3.8) is 0 Å². The van der Waals surface area contributed by atoms with Gasteiger partial charge in [0.25, 0.3) is 11.5 Å². The number of nitrogens with two attached hydrogens (primary N) is 1. The topological polar surface area (TPSA) is 125 Å². The number of amides is 1. The molecule has 4 N–H and O–H groups in total. The van der Waals surface area contributed by atoms with Gasteiger partial charge in [-0.05, 0) is 18.2 Å². The second-order valence-electron chi connectivity index (χ2n) is 6.67. The summed E-state index contributed by atoms with van der Waals surface area (Å²) < 4.78 is 0. The minimum absolute atomic E-state index is 0.173. The Balaban J connectivity index is 1.74. The van der Waals surface area contributed by atoms with Crippen LogP contribution in [0, 0.1) is 11.8 Å². The lowest BCUT2D eigenvalue weighted by molar-refractivity contribution is -0.137. The van der Waals surface area contributed by atoms with Gasteiger partial charge in [-0.25, -0.2) is 9.97 Å². The van der Waals surface area contributed by atoms with Crippen LogP contribution in [0.4, 0.5) is 5.82 Å². The Labute approximate surface area is 160 Å². The van der Waals surface area contributed by atoms with Gasteiger partial charge in [-0.3, -0.25) is 9.59 Å². The molecule has 4 rings (SSSR count). The summed E-state index contributed by atoms with van der Waals surface area (Å²) in [7, 11) is 1.63. The fourth-order valence-electron chi connectivity index (χ4n) is 3.11. The second kappa shape index (κ2) is 6.48. The van der Waals surface area contributed by atoms with Gasteiger partial charge in [-0.2, -0.15) is 0 Å². The van der Waals surface area contributed by atoms with E-state index >= 15 is 0 Å². The minimum Gasteiger partial charge on any atom is -0.382 e. The van der Waals surface area contributed by atoms with E-state index in [0.717, 1.165) is 0 Å². The lowest BCUT2D eigenvalue weighted by Crippen LogP contribution is -2.37. The molecule has 0 radical (unpaired) electrons. The predicted octanol–water partition coefficient (Wildman–Crippen LogP) is 0.512. The third-order valence-electron chi connectivity index (χ3n) is 4.71. The Morgan fingerprint density at radius 2 is 2.14 bits per heavy atom. The van der Waals surface area contributed by atoms with Crippen molar-refractivity contribution in [1.29, 1.82) is 0 Å². The number of nitrogens with zero attached hydrogens (tertiary/aromatic N) is 3. The van der Waals surface area contributed by atoms with Crippen LogP contribution in [0.15, 0.2) is 41.3 Å². The fourth-order valence-corrected chi connectivity index (χ4v) is 3.11. The molecule has 1 aliphatic rings. The first kappa shape index (κ1) is 17.7. The van der Waals surface area contributed by atoms with E-state index in [1.807, 2.05) is 0 Å². The van der Waals surface area contributed by atoms with Gasteiger partial charge in [-0.1, -0.05) is 24.0 Å². The standard InChI is InChI=1S/C20H17N5O3/c1-25-10-8-20(28,19(25)27)7-5-12-3-2-4-13(11-12)17-23-15-14(18(26)24-17)6-9-22-16(15)21/h2-4,6,9,11,28H,8,10H2,1H3,(H2,21,22)(H,23,24,26)/t20-/m1/s1. The molecule has 0 unspecified atom stereocenters. The molecule has 1 aliphatic heterocycles. The summed E-state index contributed by atoms with van der Waals surface area (Å²) in [6.07, 6.45) is 1.72. The molecule has 1 saturated heterocycles. The van der Waals surface area contributed by atoms with E-state index in [1.54, 1.807) is 37.4 Å². The number of fused-ring (bicyclic) bond motifs is 1. The van der Waals surface area contributed by atoms with Gasteiger partial charge in [0.05, 0.1) is 5.39 Å². The zero-order chi connectivity index (χ0) is 19.9. The monoisotopic (exact) mass is 375 g/mol. The minimum atomic E-state index is -1.67. The average molecular weight is 375 g/mol. The molecular formula is C20H17N5O3. The third-order valence-corrected chi connectivity index (χ3v) is 4.71.